The first kappa shape index (κ1) is 30.4. The normalized spacial score (nSPS) is 13.2. The summed E-state index contributed by atoms with van der Waals surface area (Å²) < 4.78 is 0.938. The molecule has 6 N–H and O–H groups in total. The third-order valence-electron chi connectivity index (χ3n) is 3.85. The Kier molecular flexibility index (Phi) is 16.1. The van der Waals surface area contributed by atoms with Gasteiger partial charge >= 0.3 is 11.9 Å². The van der Waals surface area contributed by atoms with E-state index < -0.39 is 35.8 Å². The van der Waals surface area contributed by atoms with Gasteiger partial charge in [0.1, 0.15) is 20.7 Å². The zero-order chi connectivity index (χ0) is 24.7. The summed E-state index contributed by atoms with van der Waals surface area (Å²) in [4.78, 5) is 44.2. The average molecular weight is 527 g/mol. The number of hydrogen-bond acceptors (Lipinski definition) is 8. The molecule has 0 saturated carbocycles. The van der Waals surface area contributed by atoms with E-state index in [9.17, 15) is 19.2 Å². The van der Waals surface area contributed by atoms with Crippen molar-refractivity contribution in [2.24, 2.45) is 5.92 Å². The first-order valence-corrected chi connectivity index (χ1v) is 12.5. The van der Waals surface area contributed by atoms with Crippen LogP contribution >= 0.6 is 48.0 Å². The van der Waals surface area contributed by atoms with Crippen LogP contribution < -0.4 is 21.3 Å². The highest BCUT2D eigenvalue weighted by atomic mass is 32.2. The number of carbonyl (C=O) groups is 4. The van der Waals surface area contributed by atoms with Crippen molar-refractivity contribution < 1.29 is 29.4 Å². The van der Waals surface area contributed by atoms with E-state index in [-0.39, 0.29) is 11.5 Å². The highest BCUT2D eigenvalue weighted by Gasteiger charge is 2.20. The number of carboxylic acids is 2. The molecule has 0 radical (unpaired) electrons. The van der Waals surface area contributed by atoms with Gasteiger partial charge in [-0.25, -0.2) is 9.59 Å². The van der Waals surface area contributed by atoms with Gasteiger partial charge in [-0.3, -0.25) is 9.59 Å². The fourth-order valence-electron chi connectivity index (χ4n) is 2.26. The summed E-state index contributed by atoms with van der Waals surface area (Å²) in [6.45, 7) is 5.83. The largest absolute Gasteiger partial charge is 0.480 e. The van der Waals surface area contributed by atoms with Crippen molar-refractivity contribution in [2.45, 2.75) is 45.7 Å². The maximum absolute atomic E-state index is 11.1. The van der Waals surface area contributed by atoms with Crippen LogP contribution in [0.15, 0.2) is 0 Å². The van der Waals surface area contributed by atoms with E-state index in [0.717, 1.165) is 12.8 Å². The monoisotopic (exact) mass is 526 g/mol. The molecule has 0 bridgehead atoms. The van der Waals surface area contributed by atoms with Crippen molar-refractivity contribution in [3.05, 3.63) is 0 Å². The fourth-order valence-corrected chi connectivity index (χ4v) is 4.33. The fraction of sp³-hybridized carbons (Fsp3) is 0.667. The molecule has 0 aliphatic rings. The summed E-state index contributed by atoms with van der Waals surface area (Å²) in [5.74, 6) is -2.46. The molecule has 0 rings (SSSR count). The summed E-state index contributed by atoms with van der Waals surface area (Å²) in [5, 5.41) is 29.0. The van der Waals surface area contributed by atoms with Gasteiger partial charge in [-0.1, -0.05) is 54.9 Å². The molecule has 0 aliphatic heterocycles. The topological polar surface area (TPSA) is 157 Å². The van der Waals surface area contributed by atoms with Crippen LogP contribution in [0, 0.1) is 5.92 Å². The third kappa shape index (κ3) is 16.1. The number of nitrogens with one attached hydrogen (secondary N) is 4. The number of thiocarbonyl (C=S) groups is 2. The van der Waals surface area contributed by atoms with Crippen molar-refractivity contribution in [2.75, 3.05) is 24.6 Å². The van der Waals surface area contributed by atoms with Crippen molar-refractivity contribution >= 4 is 80.4 Å². The molecule has 0 aliphatic carbocycles. The molecule has 10 nitrogen and oxygen atoms in total. The van der Waals surface area contributed by atoms with Crippen LogP contribution in [0.4, 0.5) is 0 Å². The van der Waals surface area contributed by atoms with Crippen molar-refractivity contribution in [3.8, 4) is 0 Å². The van der Waals surface area contributed by atoms with Crippen LogP contribution in [-0.4, -0.2) is 79.3 Å². The zero-order valence-corrected chi connectivity index (χ0v) is 21.4. The van der Waals surface area contributed by atoms with Crippen LogP contribution in [0.3, 0.4) is 0 Å². The minimum Gasteiger partial charge on any atom is -0.480 e. The number of hydrogen-bond donors (Lipinski definition) is 6. The lowest BCUT2D eigenvalue weighted by Gasteiger charge is -2.16. The molecule has 0 aromatic heterocycles. The van der Waals surface area contributed by atoms with Gasteiger partial charge in [0.2, 0.25) is 11.8 Å². The molecule has 32 heavy (non-hydrogen) atoms. The number of aliphatic carboxylic acids is 2. The van der Waals surface area contributed by atoms with Crippen molar-refractivity contribution in [3.63, 3.8) is 0 Å². The van der Waals surface area contributed by atoms with Gasteiger partial charge in [0.15, 0.2) is 0 Å². The van der Waals surface area contributed by atoms with Crippen LogP contribution in [0.5, 0.6) is 0 Å². The van der Waals surface area contributed by atoms with Gasteiger partial charge in [-0.05, 0) is 18.8 Å². The van der Waals surface area contributed by atoms with Gasteiger partial charge in [-0.2, -0.15) is 0 Å². The summed E-state index contributed by atoms with van der Waals surface area (Å²) in [6, 6.07) is -1.99. The second kappa shape index (κ2) is 16.9. The van der Waals surface area contributed by atoms with Crippen molar-refractivity contribution in [1.29, 1.82) is 0 Å². The highest BCUT2D eigenvalue weighted by molar-refractivity contribution is 8.23. The molecule has 0 fully saturated rings. The number of rotatable bonds is 14. The van der Waals surface area contributed by atoms with E-state index in [4.69, 9.17) is 34.6 Å². The standard InChI is InChI=1S/C18H30N4O6S4/c1-10(7-20-18(30)32-9-14(16(27)28)22-12(3)24)5-4-6-19-17(29)31-8-13(15(25)26)21-11(2)23/h10,13-14H,4-9H2,1-3H3,(H,19,29)(H,20,30)(H,21,23)(H,22,24)(H,25,26)(H,27,28)/t10?,13-,14-/m0/s1. The van der Waals surface area contributed by atoms with E-state index in [1.165, 1.54) is 37.4 Å². The summed E-state index contributed by atoms with van der Waals surface area (Å²) in [7, 11) is 0. The molecule has 3 atom stereocenters. The van der Waals surface area contributed by atoms with Crippen LogP contribution in [0.2, 0.25) is 0 Å². The molecule has 0 saturated heterocycles. The first-order chi connectivity index (χ1) is 14.9. The Morgan fingerprint density at radius 1 is 0.844 bits per heavy atom. The van der Waals surface area contributed by atoms with Crippen LogP contribution in [0.1, 0.15) is 33.6 Å². The minimum absolute atomic E-state index is 0.138. The Morgan fingerprint density at radius 3 is 1.69 bits per heavy atom. The SMILES string of the molecule is CC(=O)N[C@@H](CSC(=S)NCCCC(C)CNC(=S)SC[C@H](NC(C)=O)C(=O)O)C(=O)O. The second-order valence-corrected chi connectivity index (χ2v) is 10.3. The lowest BCUT2D eigenvalue weighted by atomic mass is 10.1. The smallest absolute Gasteiger partial charge is 0.327 e. The van der Waals surface area contributed by atoms with Crippen LogP contribution in [-0.2, 0) is 19.2 Å². The first-order valence-electron chi connectivity index (χ1n) is 9.73. The van der Waals surface area contributed by atoms with E-state index in [2.05, 4.69) is 28.2 Å². The maximum Gasteiger partial charge on any atom is 0.327 e. The lowest BCUT2D eigenvalue weighted by Crippen LogP contribution is -2.42. The van der Waals surface area contributed by atoms with Gasteiger partial charge < -0.3 is 31.5 Å². The Hall–Kier alpha value is -1.64. The van der Waals surface area contributed by atoms with Gasteiger partial charge in [-0.15, -0.1) is 0 Å². The van der Waals surface area contributed by atoms with Crippen LogP contribution in [0.25, 0.3) is 0 Å². The zero-order valence-electron chi connectivity index (χ0n) is 18.1. The Morgan fingerprint density at radius 2 is 1.28 bits per heavy atom. The molecule has 182 valence electrons. The number of thioether (sulfide) groups is 2. The summed E-state index contributed by atoms with van der Waals surface area (Å²) in [6.07, 6.45) is 1.72. The predicted molar refractivity (Wildman–Crippen MR) is 135 cm³/mol. The van der Waals surface area contributed by atoms with E-state index in [0.29, 0.717) is 27.6 Å². The summed E-state index contributed by atoms with van der Waals surface area (Å²) in [5.41, 5.74) is 0. The molecule has 0 heterocycles. The third-order valence-corrected chi connectivity index (χ3v) is 6.66. The molecular weight excluding hydrogens is 496 g/mol. The quantitative estimate of drug-likeness (QED) is 0.140. The Bertz CT molecular complexity index is 694. The molecule has 1 unspecified atom stereocenters. The average Bonchev–Trinajstić information content (AvgIpc) is 2.68. The van der Waals surface area contributed by atoms with Gasteiger partial charge in [0, 0.05) is 38.4 Å². The van der Waals surface area contributed by atoms with Gasteiger partial charge in [0.25, 0.3) is 0 Å². The molecule has 0 aromatic rings. The molecule has 0 spiro atoms. The second-order valence-electron chi connectivity index (χ2n) is 6.93. The maximum atomic E-state index is 11.1. The molecule has 2 amide bonds. The lowest BCUT2D eigenvalue weighted by molar-refractivity contribution is -0.141. The minimum atomic E-state index is -1.11. The molecule has 14 heteroatoms. The predicted octanol–water partition coefficient (Wildman–Crippen LogP) is 0.797. The highest BCUT2D eigenvalue weighted by Crippen LogP contribution is 2.09. The number of carbonyl (C=O) groups excluding carboxylic acids is 2. The summed E-state index contributed by atoms with van der Waals surface area (Å²) >= 11 is 12.7. The molecular formula is C18H30N4O6S4. The number of amides is 2. The van der Waals surface area contributed by atoms with E-state index >= 15 is 0 Å². The molecule has 0 aromatic carbocycles. The van der Waals surface area contributed by atoms with E-state index in [1.807, 2.05) is 0 Å². The Labute approximate surface area is 206 Å². The van der Waals surface area contributed by atoms with Crippen molar-refractivity contribution in [1.82, 2.24) is 21.3 Å². The van der Waals surface area contributed by atoms with E-state index in [1.54, 1.807) is 0 Å². The number of carboxylic acid groups (broad SMARTS) is 2. The Balaban J connectivity index is 4.01. The van der Waals surface area contributed by atoms with Gasteiger partial charge in [0.05, 0.1) is 0 Å².